The molecule has 1 atom stereocenters. The Labute approximate surface area is 119 Å². The third kappa shape index (κ3) is 2.57. The van der Waals surface area contributed by atoms with Crippen LogP contribution in [0.15, 0.2) is 52.8 Å². The average Bonchev–Trinajstić information content (AvgIpc) is 2.94. The maximum absolute atomic E-state index is 4.46. The van der Waals surface area contributed by atoms with Gasteiger partial charge in [0.25, 0.3) is 0 Å². The zero-order chi connectivity index (χ0) is 13.9. The summed E-state index contributed by atoms with van der Waals surface area (Å²) in [6.45, 7) is 3.94. The van der Waals surface area contributed by atoms with Crippen LogP contribution in [0.3, 0.4) is 0 Å². The molecule has 3 rings (SSSR count). The van der Waals surface area contributed by atoms with Gasteiger partial charge in [-0.2, -0.15) is 10.2 Å². The molecule has 0 bridgehead atoms. The van der Waals surface area contributed by atoms with E-state index in [1.165, 1.54) is 16.8 Å². The number of nitrogens with zero attached hydrogens (tertiary/aromatic N) is 2. The lowest BCUT2D eigenvalue weighted by Crippen LogP contribution is -2.18. The van der Waals surface area contributed by atoms with E-state index in [4.69, 9.17) is 0 Å². The van der Waals surface area contributed by atoms with E-state index in [1.807, 2.05) is 20.0 Å². The smallest absolute Gasteiger partial charge is 0.0726 e. The second-order valence-corrected chi connectivity index (χ2v) is 5.48. The molecule has 1 aromatic carbocycles. The number of fused-ring (bicyclic) bond motifs is 1. The van der Waals surface area contributed by atoms with E-state index >= 15 is 0 Å². The molecule has 1 N–H and O–H groups in total. The molecule has 20 heavy (non-hydrogen) atoms. The molecular formula is C17H19N3. The molecule has 2 aromatic rings. The predicted molar refractivity (Wildman–Crippen MR) is 83.6 cm³/mol. The van der Waals surface area contributed by atoms with Crippen molar-refractivity contribution in [2.24, 2.45) is 10.2 Å². The Morgan fingerprint density at radius 1 is 1.10 bits per heavy atom. The van der Waals surface area contributed by atoms with E-state index in [-0.39, 0.29) is 0 Å². The van der Waals surface area contributed by atoms with E-state index in [0.717, 1.165) is 24.3 Å². The topological polar surface area (TPSA) is 40.5 Å². The van der Waals surface area contributed by atoms with E-state index in [9.17, 15) is 0 Å². The SMILES string of the molecule is CC(C)=N/N=C1\CC(c2ccccc2)Cc2[nH]ccc21. The first-order valence-corrected chi connectivity index (χ1v) is 7.03. The van der Waals surface area contributed by atoms with Crippen molar-refractivity contribution in [3.05, 3.63) is 59.4 Å². The Balaban J connectivity index is 1.97. The molecule has 1 aliphatic rings. The fourth-order valence-electron chi connectivity index (χ4n) is 2.72. The quantitative estimate of drug-likeness (QED) is 0.631. The Morgan fingerprint density at radius 3 is 2.65 bits per heavy atom. The lowest BCUT2D eigenvalue weighted by Gasteiger charge is -2.23. The lowest BCUT2D eigenvalue weighted by atomic mass is 9.82. The fourth-order valence-corrected chi connectivity index (χ4v) is 2.72. The van der Waals surface area contributed by atoms with Crippen molar-refractivity contribution in [1.29, 1.82) is 0 Å². The molecule has 0 amide bonds. The van der Waals surface area contributed by atoms with Gasteiger partial charge in [-0.3, -0.25) is 0 Å². The minimum atomic E-state index is 0.480. The maximum Gasteiger partial charge on any atom is 0.0726 e. The summed E-state index contributed by atoms with van der Waals surface area (Å²) in [5, 5.41) is 8.70. The van der Waals surface area contributed by atoms with Crippen molar-refractivity contribution < 1.29 is 0 Å². The first kappa shape index (κ1) is 12.9. The molecule has 102 valence electrons. The largest absolute Gasteiger partial charge is 0.364 e. The number of H-pyrrole nitrogens is 1. The summed E-state index contributed by atoms with van der Waals surface area (Å²) in [6.07, 6.45) is 3.99. The van der Waals surface area contributed by atoms with Crippen LogP contribution in [0, 0.1) is 0 Å². The summed E-state index contributed by atoms with van der Waals surface area (Å²) in [5.74, 6) is 0.480. The summed E-state index contributed by atoms with van der Waals surface area (Å²) >= 11 is 0. The second-order valence-electron chi connectivity index (χ2n) is 5.48. The van der Waals surface area contributed by atoms with Gasteiger partial charge in [0.15, 0.2) is 0 Å². The first-order chi connectivity index (χ1) is 9.74. The molecular weight excluding hydrogens is 246 g/mol. The molecule has 3 nitrogen and oxygen atoms in total. The Bertz CT molecular complexity index is 646. The minimum Gasteiger partial charge on any atom is -0.364 e. The van der Waals surface area contributed by atoms with Crippen molar-refractivity contribution in [3.63, 3.8) is 0 Å². The zero-order valence-corrected chi connectivity index (χ0v) is 11.9. The summed E-state index contributed by atoms with van der Waals surface area (Å²) in [6, 6.07) is 12.8. The standard InChI is InChI=1S/C17H19N3/c1-12(2)19-20-17-11-14(13-6-4-3-5-7-13)10-16-15(17)8-9-18-16/h3-9,14,18H,10-11H2,1-2H3/b20-17+. The molecule has 0 saturated heterocycles. The molecule has 0 aliphatic heterocycles. The van der Waals surface area contributed by atoms with Gasteiger partial charge in [0.2, 0.25) is 0 Å². The van der Waals surface area contributed by atoms with E-state index in [0.29, 0.717) is 5.92 Å². The maximum atomic E-state index is 4.46. The van der Waals surface area contributed by atoms with Gasteiger partial charge in [-0.05, 0) is 44.2 Å². The van der Waals surface area contributed by atoms with Crippen LogP contribution in [0.5, 0.6) is 0 Å². The molecule has 1 unspecified atom stereocenters. The zero-order valence-electron chi connectivity index (χ0n) is 11.9. The number of hydrogen-bond acceptors (Lipinski definition) is 2. The van der Waals surface area contributed by atoms with Crippen LogP contribution < -0.4 is 0 Å². The van der Waals surface area contributed by atoms with Crippen molar-refractivity contribution in [1.82, 2.24) is 4.98 Å². The lowest BCUT2D eigenvalue weighted by molar-refractivity contribution is 0.684. The highest BCUT2D eigenvalue weighted by atomic mass is 15.2. The second kappa shape index (κ2) is 5.45. The van der Waals surface area contributed by atoms with Crippen molar-refractivity contribution in [2.75, 3.05) is 0 Å². The van der Waals surface area contributed by atoms with Gasteiger partial charge < -0.3 is 4.98 Å². The molecule has 0 spiro atoms. The van der Waals surface area contributed by atoms with Crippen molar-refractivity contribution >= 4 is 11.4 Å². The number of hydrogen-bond donors (Lipinski definition) is 1. The number of nitrogens with one attached hydrogen (secondary N) is 1. The van der Waals surface area contributed by atoms with Crippen LogP contribution >= 0.6 is 0 Å². The van der Waals surface area contributed by atoms with Gasteiger partial charge >= 0.3 is 0 Å². The minimum absolute atomic E-state index is 0.480. The Kier molecular flexibility index (Phi) is 3.50. The van der Waals surface area contributed by atoms with Crippen LogP contribution in [0.2, 0.25) is 0 Å². The molecule has 1 heterocycles. The molecule has 1 aliphatic carbocycles. The van der Waals surface area contributed by atoms with Crippen LogP contribution in [0.1, 0.15) is 43.0 Å². The summed E-state index contributed by atoms with van der Waals surface area (Å²) < 4.78 is 0. The van der Waals surface area contributed by atoms with E-state index < -0.39 is 0 Å². The highest BCUT2D eigenvalue weighted by Gasteiger charge is 2.25. The summed E-state index contributed by atoms with van der Waals surface area (Å²) in [4.78, 5) is 3.35. The average molecular weight is 265 g/mol. The number of rotatable bonds is 2. The van der Waals surface area contributed by atoms with E-state index in [2.05, 4.69) is 51.6 Å². The summed E-state index contributed by atoms with van der Waals surface area (Å²) in [7, 11) is 0. The first-order valence-electron chi connectivity index (χ1n) is 7.03. The number of aromatic amines is 1. The molecule has 0 fully saturated rings. The van der Waals surface area contributed by atoms with Gasteiger partial charge in [0, 0.05) is 23.2 Å². The van der Waals surface area contributed by atoms with Crippen LogP contribution in [0.25, 0.3) is 0 Å². The normalized spacial score (nSPS) is 19.7. The highest BCUT2D eigenvalue weighted by Crippen LogP contribution is 2.32. The van der Waals surface area contributed by atoms with Crippen LogP contribution in [0.4, 0.5) is 0 Å². The van der Waals surface area contributed by atoms with Crippen molar-refractivity contribution in [3.8, 4) is 0 Å². The van der Waals surface area contributed by atoms with Gasteiger partial charge in [0.1, 0.15) is 0 Å². The molecule has 3 heteroatoms. The van der Waals surface area contributed by atoms with Gasteiger partial charge in [-0.15, -0.1) is 0 Å². The predicted octanol–water partition coefficient (Wildman–Crippen LogP) is 3.93. The fraction of sp³-hybridized carbons (Fsp3) is 0.294. The third-order valence-electron chi connectivity index (χ3n) is 3.68. The molecule has 0 radical (unpaired) electrons. The number of benzene rings is 1. The molecule has 0 saturated carbocycles. The van der Waals surface area contributed by atoms with Gasteiger partial charge in [0.05, 0.1) is 5.71 Å². The monoisotopic (exact) mass is 265 g/mol. The Morgan fingerprint density at radius 2 is 1.90 bits per heavy atom. The Hall–Kier alpha value is -2.16. The van der Waals surface area contributed by atoms with Crippen LogP contribution in [-0.2, 0) is 6.42 Å². The van der Waals surface area contributed by atoms with Gasteiger partial charge in [-0.1, -0.05) is 30.3 Å². The summed E-state index contributed by atoms with van der Waals surface area (Å²) in [5.41, 5.74) is 5.94. The van der Waals surface area contributed by atoms with Gasteiger partial charge in [-0.25, -0.2) is 0 Å². The highest BCUT2D eigenvalue weighted by molar-refractivity contribution is 6.03. The van der Waals surface area contributed by atoms with E-state index in [1.54, 1.807) is 0 Å². The third-order valence-corrected chi connectivity index (χ3v) is 3.68. The van der Waals surface area contributed by atoms with Crippen LogP contribution in [-0.4, -0.2) is 16.4 Å². The van der Waals surface area contributed by atoms with Crippen molar-refractivity contribution in [2.45, 2.75) is 32.6 Å². The molecule has 1 aromatic heterocycles. The number of aromatic nitrogens is 1.